The van der Waals surface area contributed by atoms with Crippen LogP contribution in [0, 0.1) is 12.7 Å². The van der Waals surface area contributed by atoms with Crippen molar-refractivity contribution in [2.24, 2.45) is 0 Å². The van der Waals surface area contributed by atoms with Gasteiger partial charge in [-0.3, -0.25) is 4.79 Å². The normalized spacial score (nSPS) is 18.2. The van der Waals surface area contributed by atoms with Gasteiger partial charge in [-0.1, -0.05) is 25.7 Å². The van der Waals surface area contributed by atoms with Gasteiger partial charge >= 0.3 is 0 Å². The number of likely N-dealkylation sites (tertiary alicyclic amines) is 1. The molecular formula is C22H33FN2O. The van der Waals surface area contributed by atoms with E-state index in [1.54, 1.807) is 13.0 Å². The second-order valence-corrected chi connectivity index (χ2v) is 7.95. The highest BCUT2D eigenvalue weighted by Gasteiger charge is 2.24. The molecule has 1 aromatic carbocycles. The van der Waals surface area contributed by atoms with Crippen LogP contribution in [0.25, 0.3) is 0 Å². The highest BCUT2D eigenvalue weighted by Crippen LogP contribution is 2.30. The Morgan fingerprint density at radius 1 is 0.923 bits per heavy atom. The van der Waals surface area contributed by atoms with Crippen LogP contribution in [0.2, 0.25) is 0 Å². The van der Waals surface area contributed by atoms with Gasteiger partial charge in [-0.15, -0.1) is 0 Å². The number of benzene rings is 1. The number of carbonyl (C=O) groups excluding carboxylic acids is 1. The number of nitrogens with zero attached hydrogens (tertiary/aromatic N) is 2. The summed E-state index contributed by atoms with van der Waals surface area (Å²) in [6.07, 6.45) is 11.3. The number of hydrogen-bond donors (Lipinski definition) is 0. The molecule has 3 nitrogen and oxygen atoms in total. The Bertz CT molecular complexity index is 610. The molecule has 0 spiro atoms. The third-order valence-corrected chi connectivity index (χ3v) is 5.86. The zero-order valence-electron chi connectivity index (χ0n) is 16.2. The van der Waals surface area contributed by atoms with Crippen molar-refractivity contribution in [3.63, 3.8) is 0 Å². The van der Waals surface area contributed by atoms with Gasteiger partial charge in [0.2, 0.25) is 5.91 Å². The first-order valence-corrected chi connectivity index (χ1v) is 10.5. The Hall–Kier alpha value is -1.42. The Balaban J connectivity index is 1.38. The number of amides is 1. The molecule has 0 bridgehead atoms. The molecule has 1 fully saturated rings. The van der Waals surface area contributed by atoms with Crippen molar-refractivity contribution in [1.82, 2.24) is 4.90 Å². The Kier molecular flexibility index (Phi) is 7.07. The van der Waals surface area contributed by atoms with Crippen LogP contribution in [-0.4, -0.2) is 37.0 Å². The number of piperidine rings is 1. The van der Waals surface area contributed by atoms with Crippen LogP contribution in [-0.2, 0) is 11.2 Å². The molecule has 0 atom stereocenters. The summed E-state index contributed by atoms with van der Waals surface area (Å²) in [7, 11) is 0. The van der Waals surface area contributed by atoms with Crippen LogP contribution >= 0.6 is 0 Å². The molecule has 4 heteroatoms. The van der Waals surface area contributed by atoms with Crippen LogP contribution in [0.15, 0.2) is 12.1 Å². The summed E-state index contributed by atoms with van der Waals surface area (Å²) in [6, 6.07) is 3.46. The van der Waals surface area contributed by atoms with E-state index in [4.69, 9.17) is 0 Å². The maximum Gasteiger partial charge on any atom is 0.227 e. The fourth-order valence-electron chi connectivity index (χ4n) is 4.23. The molecule has 1 amide bonds. The number of rotatable bonds is 8. The van der Waals surface area contributed by atoms with Gasteiger partial charge in [-0.25, -0.2) is 4.39 Å². The van der Waals surface area contributed by atoms with Gasteiger partial charge in [0.25, 0.3) is 0 Å². The number of aryl methyl sites for hydroxylation is 2. The molecule has 2 heterocycles. The van der Waals surface area contributed by atoms with Crippen molar-refractivity contribution in [1.29, 1.82) is 0 Å². The Morgan fingerprint density at radius 3 is 2.38 bits per heavy atom. The van der Waals surface area contributed by atoms with E-state index in [9.17, 15) is 9.18 Å². The fourth-order valence-corrected chi connectivity index (χ4v) is 4.23. The summed E-state index contributed by atoms with van der Waals surface area (Å²) < 4.78 is 13.8. The van der Waals surface area contributed by atoms with Crippen molar-refractivity contribution < 1.29 is 9.18 Å². The highest BCUT2D eigenvalue weighted by molar-refractivity contribution is 5.96. The summed E-state index contributed by atoms with van der Waals surface area (Å²) in [5, 5.41) is 0. The summed E-state index contributed by atoms with van der Waals surface area (Å²) >= 11 is 0. The molecule has 2 aliphatic heterocycles. The lowest BCUT2D eigenvalue weighted by atomic mass is 9.98. The zero-order valence-corrected chi connectivity index (χ0v) is 16.2. The molecule has 3 rings (SSSR count). The quantitative estimate of drug-likeness (QED) is 0.619. The first-order chi connectivity index (χ1) is 12.6. The van der Waals surface area contributed by atoms with Gasteiger partial charge in [0.05, 0.1) is 0 Å². The number of carbonyl (C=O) groups is 1. The van der Waals surface area contributed by atoms with E-state index >= 15 is 0 Å². The predicted molar refractivity (Wildman–Crippen MR) is 105 cm³/mol. The van der Waals surface area contributed by atoms with E-state index < -0.39 is 0 Å². The monoisotopic (exact) mass is 360 g/mol. The van der Waals surface area contributed by atoms with Crippen LogP contribution in [0.4, 0.5) is 10.1 Å². The minimum Gasteiger partial charge on any atom is -0.312 e. The number of unbranched alkanes of at least 4 members (excludes halogenated alkanes) is 4. The summed E-state index contributed by atoms with van der Waals surface area (Å²) in [4.78, 5) is 16.8. The van der Waals surface area contributed by atoms with Gasteiger partial charge in [0.1, 0.15) is 5.82 Å². The predicted octanol–water partition coefficient (Wildman–Crippen LogP) is 4.85. The third kappa shape index (κ3) is 5.06. The lowest BCUT2D eigenvalue weighted by Crippen LogP contribution is -2.36. The van der Waals surface area contributed by atoms with Crippen molar-refractivity contribution in [3.8, 4) is 0 Å². The van der Waals surface area contributed by atoms with Crippen molar-refractivity contribution in [2.45, 2.75) is 71.1 Å². The number of halogens is 1. The van der Waals surface area contributed by atoms with Gasteiger partial charge in [-0.2, -0.15) is 0 Å². The molecule has 2 aliphatic rings. The molecule has 26 heavy (non-hydrogen) atoms. The Labute approximate surface area is 157 Å². The molecule has 0 radical (unpaired) electrons. The number of hydrogen-bond acceptors (Lipinski definition) is 2. The molecule has 144 valence electrons. The maximum absolute atomic E-state index is 13.8. The summed E-state index contributed by atoms with van der Waals surface area (Å²) in [5.74, 6) is 0.0281. The topological polar surface area (TPSA) is 23.6 Å². The van der Waals surface area contributed by atoms with E-state index in [1.807, 2.05) is 11.0 Å². The molecule has 0 aliphatic carbocycles. The SMILES string of the molecule is Cc1cc2c(cc1F)CCC(=O)N2CCCCCCCN1CCCCC1. The standard InChI is InChI=1S/C22H33FN2O/c1-18-16-21-19(17-20(18)23)10-11-22(26)25(21)15-9-4-2-3-6-12-24-13-7-5-8-14-24/h16-17H,2-15H2,1H3. The van der Waals surface area contributed by atoms with Crippen LogP contribution in [0.1, 0.15) is 68.9 Å². The van der Waals surface area contributed by atoms with Crippen molar-refractivity contribution in [3.05, 3.63) is 29.1 Å². The largest absolute Gasteiger partial charge is 0.312 e. The highest BCUT2D eigenvalue weighted by atomic mass is 19.1. The number of anilines is 1. The van der Waals surface area contributed by atoms with Crippen LogP contribution < -0.4 is 4.90 Å². The smallest absolute Gasteiger partial charge is 0.227 e. The van der Waals surface area contributed by atoms with E-state index in [2.05, 4.69) is 4.90 Å². The molecule has 0 aromatic heterocycles. The molecule has 1 aromatic rings. The van der Waals surface area contributed by atoms with Gasteiger partial charge in [-0.05, 0) is 81.9 Å². The van der Waals surface area contributed by atoms with E-state index in [0.717, 1.165) is 24.2 Å². The van der Waals surface area contributed by atoms with Crippen molar-refractivity contribution >= 4 is 11.6 Å². The van der Waals surface area contributed by atoms with Gasteiger partial charge in [0, 0.05) is 18.7 Å². The lowest BCUT2D eigenvalue weighted by Gasteiger charge is -2.30. The lowest BCUT2D eigenvalue weighted by molar-refractivity contribution is -0.118. The van der Waals surface area contributed by atoms with E-state index in [0.29, 0.717) is 18.4 Å². The first kappa shape index (κ1) is 19.3. The second-order valence-electron chi connectivity index (χ2n) is 7.95. The van der Waals surface area contributed by atoms with Crippen molar-refractivity contribution in [2.75, 3.05) is 31.1 Å². The Morgan fingerprint density at radius 2 is 1.62 bits per heavy atom. The van der Waals surface area contributed by atoms with Crippen LogP contribution in [0.3, 0.4) is 0 Å². The average molecular weight is 361 g/mol. The van der Waals surface area contributed by atoms with Gasteiger partial charge in [0.15, 0.2) is 0 Å². The summed E-state index contributed by atoms with van der Waals surface area (Å²) in [5.41, 5.74) is 2.54. The van der Waals surface area contributed by atoms with E-state index in [1.165, 1.54) is 64.6 Å². The van der Waals surface area contributed by atoms with Gasteiger partial charge < -0.3 is 9.80 Å². The minimum atomic E-state index is -0.160. The fraction of sp³-hybridized carbons (Fsp3) is 0.682. The molecular weight excluding hydrogens is 327 g/mol. The molecule has 0 saturated carbocycles. The molecule has 1 saturated heterocycles. The zero-order chi connectivity index (χ0) is 18.4. The minimum absolute atomic E-state index is 0.160. The second kappa shape index (κ2) is 9.50. The maximum atomic E-state index is 13.8. The third-order valence-electron chi connectivity index (χ3n) is 5.86. The van der Waals surface area contributed by atoms with E-state index in [-0.39, 0.29) is 11.7 Å². The first-order valence-electron chi connectivity index (χ1n) is 10.5. The summed E-state index contributed by atoms with van der Waals surface area (Å²) in [6.45, 7) is 6.37. The molecule has 0 unspecified atom stereocenters. The average Bonchev–Trinajstić information content (AvgIpc) is 2.65. The number of fused-ring (bicyclic) bond motifs is 1. The molecule has 0 N–H and O–H groups in total. The van der Waals surface area contributed by atoms with Crippen LogP contribution in [0.5, 0.6) is 0 Å².